The van der Waals surface area contributed by atoms with E-state index in [0.717, 1.165) is 24.1 Å². The lowest BCUT2D eigenvalue weighted by atomic mass is 10.0. The summed E-state index contributed by atoms with van der Waals surface area (Å²) in [5, 5.41) is 3.53. The molecule has 0 aliphatic carbocycles. The molecule has 142 valence electrons. The molecule has 0 saturated carbocycles. The van der Waals surface area contributed by atoms with Gasteiger partial charge in [0.05, 0.1) is 0 Å². The number of anilines is 1. The number of nitrogens with zero attached hydrogens (tertiary/aromatic N) is 1. The summed E-state index contributed by atoms with van der Waals surface area (Å²) in [4.78, 5) is 26.6. The van der Waals surface area contributed by atoms with Crippen molar-refractivity contribution >= 4 is 17.4 Å². The topological polar surface area (TPSA) is 49.4 Å². The monoisotopic (exact) mass is 364 g/mol. The minimum absolute atomic E-state index is 0.187. The third kappa shape index (κ3) is 5.19. The van der Waals surface area contributed by atoms with Crippen LogP contribution in [-0.2, 0) is 16.0 Å². The lowest BCUT2D eigenvalue weighted by molar-refractivity contribution is -0.145. The van der Waals surface area contributed by atoms with E-state index in [9.17, 15) is 9.59 Å². The number of benzene rings is 2. The van der Waals surface area contributed by atoms with E-state index in [4.69, 9.17) is 0 Å². The quantitative estimate of drug-likeness (QED) is 0.791. The molecule has 1 heterocycles. The van der Waals surface area contributed by atoms with Crippen LogP contribution in [0.1, 0.15) is 36.0 Å². The van der Waals surface area contributed by atoms with Gasteiger partial charge in [-0.15, -0.1) is 0 Å². The maximum Gasteiger partial charge on any atom is 0.290 e. The molecule has 1 amide bonds. The van der Waals surface area contributed by atoms with Gasteiger partial charge in [0.25, 0.3) is 5.91 Å². The lowest BCUT2D eigenvalue weighted by Gasteiger charge is -2.33. The Bertz CT molecular complexity index is 801. The molecule has 1 aliphatic heterocycles. The highest BCUT2D eigenvalue weighted by Gasteiger charge is 2.27. The Labute approximate surface area is 161 Å². The number of amides is 1. The second kappa shape index (κ2) is 8.85. The highest BCUT2D eigenvalue weighted by molar-refractivity contribution is 6.36. The van der Waals surface area contributed by atoms with Gasteiger partial charge in [-0.3, -0.25) is 9.59 Å². The van der Waals surface area contributed by atoms with Gasteiger partial charge >= 0.3 is 0 Å². The van der Waals surface area contributed by atoms with E-state index >= 15 is 0 Å². The van der Waals surface area contributed by atoms with E-state index in [1.165, 1.54) is 11.1 Å². The number of rotatable bonds is 6. The Morgan fingerprint density at radius 2 is 1.85 bits per heavy atom. The van der Waals surface area contributed by atoms with E-state index in [0.29, 0.717) is 19.5 Å². The lowest BCUT2D eigenvalue weighted by Crippen LogP contribution is -2.47. The van der Waals surface area contributed by atoms with Gasteiger partial charge in [-0.25, -0.2) is 0 Å². The maximum atomic E-state index is 12.6. The Morgan fingerprint density at radius 1 is 1.07 bits per heavy atom. The second-order valence-corrected chi connectivity index (χ2v) is 7.44. The normalized spacial score (nSPS) is 16.8. The first kappa shape index (κ1) is 19.2. The van der Waals surface area contributed by atoms with Gasteiger partial charge in [-0.05, 0) is 61.9 Å². The van der Waals surface area contributed by atoms with Crippen LogP contribution in [0.4, 0.5) is 5.69 Å². The molecule has 4 heteroatoms. The summed E-state index contributed by atoms with van der Waals surface area (Å²) < 4.78 is 0. The highest BCUT2D eigenvalue weighted by atomic mass is 16.2. The van der Waals surface area contributed by atoms with Crippen LogP contribution in [0.3, 0.4) is 0 Å². The molecule has 1 saturated heterocycles. The van der Waals surface area contributed by atoms with E-state index in [1.54, 1.807) is 4.90 Å². The van der Waals surface area contributed by atoms with Crippen LogP contribution in [0.25, 0.3) is 0 Å². The molecule has 27 heavy (non-hydrogen) atoms. The number of ketones is 1. The van der Waals surface area contributed by atoms with Crippen LogP contribution in [0.2, 0.25) is 0 Å². The Morgan fingerprint density at radius 3 is 2.59 bits per heavy atom. The van der Waals surface area contributed by atoms with Gasteiger partial charge in [0.1, 0.15) is 0 Å². The zero-order chi connectivity index (χ0) is 19.2. The first-order chi connectivity index (χ1) is 13.0. The first-order valence-electron chi connectivity index (χ1n) is 9.73. The third-order valence-corrected chi connectivity index (χ3v) is 5.31. The molecule has 0 bridgehead atoms. The largest absolute Gasteiger partial charge is 0.381 e. The van der Waals surface area contributed by atoms with Crippen LogP contribution in [0, 0.1) is 13.8 Å². The molecular weight excluding hydrogens is 336 g/mol. The van der Waals surface area contributed by atoms with Crippen molar-refractivity contribution < 1.29 is 9.59 Å². The fraction of sp³-hybridized carbons (Fsp3) is 0.391. The number of hydrogen-bond acceptors (Lipinski definition) is 3. The molecule has 0 radical (unpaired) electrons. The fourth-order valence-electron chi connectivity index (χ4n) is 3.53. The molecule has 0 aromatic heterocycles. The Kier molecular flexibility index (Phi) is 6.28. The molecule has 0 spiro atoms. The van der Waals surface area contributed by atoms with Crippen LogP contribution in [-0.4, -0.2) is 35.7 Å². The fourth-order valence-corrected chi connectivity index (χ4v) is 3.53. The van der Waals surface area contributed by atoms with E-state index in [-0.39, 0.29) is 24.2 Å². The SMILES string of the molecule is Cc1ccc(NC2CCCN(C(=O)C(=O)CCc3ccccc3)C2)cc1C. The van der Waals surface area contributed by atoms with Gasteiger partial charge in [-0.2, -0.15) is 0 Å². The zero-order valence-corrected chi connectivity index (χ0v) is 16.2. The molecule has 2 aromatic rings. The van der Waals surface area contributed by atoms with E-state index in [1.807, 2.05) is 30.3 Å². The molecule has 3 rings (SSSR count). The van der Waals surface area contributed by atoms with Crippen LogP contribution < -0.4 is 5.32 Å². The third-order valence-electron chi connectivity index (χ3n) is 5.31. The molecule has 1 unspecified atom stereocenters. The van der Waals surface area contributed by atoms with Crippen molar-refractivity contribution in [2.24, 2.45) is 0 Å². The van der Waals surface area contributed by atoms with Gasteiger partial charge in [0, 0.05) is 31.2 Å². The number of aryl methyl sites for hydroxylation is 3. The van der Waals surface area contributed by atoms with Crippen molar-refractivity contribution in [2.75, 3.05) is 18.4 Å². The zero-order valence-electron chi connectivity index (χ0n) is 16.2. The number of nitrogens with one attached hydrogen (secondary N) is 1. The van der Waals surface area contributed by atoms with Crippen molar-refractivity contribution in [1.29, 1.82) is 0 Å². The van der Waals surface area contributed by atoms with Crippen molar-refractivity contribution in [1.82, 2.24) is 4.90 Å². The van der Waals surface area contributed by atoms with Gasteiger partial charge in [-0.1, -0.05) is 36.4 Å². The molecular formula is C23H28N2O2. The summed E-state index contributed by atoms with van der Waals surface area (Å²) >= 11 is 0. The summed E-state index contributed by atoms with van der Waals surface area (Å²) in [7, 11) is 0. The van der Waals surface area contributed by atoms with Crippen LogP contribution >= 0.6 is 0 Å². The van der Waals surface area contributed by atoms with Gasteiger partial charge in [0.15, 0.2) is 0 Å². The van der Waals surface area contributed by atoms with Crippen molar-refractivity contribution in [2.45, 2.75) is 45.6 Å². The molecule has 2 aromatic carbocycles. The number of carbonyl (C=O) groups is 2. The van der Waals surface area contributed by atoms with Crippen molar-refractivity contribution in [3.63, 3.8) is 0 Å². The number of likely N-dealkylation sites (tertiary alicyclic amines) is 1. The van der Waals surface area contributed by atoms with Crippen LogP contribution in [0.15, 0.2) is 48.5 Å². The minimum atomic E-state index is -0.336. The van der Waals surface area contributed by atoms with E-state index < -0.39 is 0 Å². The average Bonchev–Trinajstić information content (AvgIpc) is 2.69. The molecule has 1 atom stereocenters. The van der Waals surface area contributed by atoms with Gasteiger partial charge < -0.3 is 10.2 Å². The number of hydrogen-bond donors (Lipinski definition) is 1. The summed E-state index contributed by atoms with van der Waals surface area (Å²) in [6.07, 6.45) is 2.81. The van der Waals surface area contributed by atoms with Crippen molar-refractivity contribution in [3.05, 3.63) is 65.2 Å². The number of piperidine rings is 1. The maximum absolute atomic E-state index is 12.6. The minimum Gasteiger partial charge on any atom is -0.381 e. The van der Waals surface area contributed by atoms with E-state index in [2.05, 4.69) is 37.4 Å². The summed E-state index contributed by atoms with van der Waals surface area (Å²) in [5.41, 5.74) is 4.68. The highest BCUT2D eigenvalue weighted by Crippen LogP contribution is 2.19. The molecule has 4 nitrogen and oxygen atoms in total. The smallest absolute Gasteiger partial charge is 0.290 e. The molecule has 1 fully saturated rings. The second-order valence-electron chi connectivity index (χ2n) is 7.44. The Balaban J connectivity index is 1.54. The summed E-state index contributed by atoms with van der Waals surface area (Å²) in [6.45, 7) is 5.45. The van der Waals surface area contributed by atoms with Crippen molar-refractivity contribution in [3.8, 4) is 0 Å². The summed E-state index contributed by atoms with van der Waals surface area (Å²) in [5.74, 6) is -0.622. The van der Waals surface area contributed by atoms with Gasteiger partial charge in [0.2, 0.25) is 5.78 Å². The standard InChI is InChI=1S/C23H28N2O2/c1-17-10-12-20(15-18(17)2)24-21-9-6-14-25(16-21)23(27)22(26)13-11-19-7-4-3-5-8-19/h3-5,7-8,10,12,15,21,24H,6,9,11,13-14,16H2,1-2H3. The number of Topliss-reactive ketones (excluding diaryl/α,β-unsaturated/α-hetero) is 1. The predicted octanol–water partition coefficient (Wildman–Crippen LogP) is 3.91. The molecule has 1 aliphatic rings. The predicted molar refractivity (Wildman–Crippen MR) is 109 cm³/mol. The number of carbonyl (C=O) groups excluding carboxylic acids is 2. The van der Waals surface area contributed by atoms with Crippen LogP contribution in [0.5, 0.6) is 0 Å². The average molecular weight is 364 g/mol. The Hall–Kier alpha value is -2.62. The first-order valence-corrected chi connectivity index (χ1v) is 9.73. The summed E-state index contributed by atoms with van der Waals surface area (Å²) in [6, 6.07) is 16.3. The molecule has 1 N–H and O–H groups in total.